The van der Waals surface area contributed by atoms with Gasteiger partial charge in [-0.1, -0.05) is 97.4 Å². The van der Waals surface area contributed by atoms with Crippen molar-refractivity contribution in [1.82, 2.24) is 4.98 Å². The number of hydrogen-bond donors (Lipinski definition) is 0. The summed E-state index contributed by atoms with van der Waals surface area (Å²) in [7, 11) is -2.33. The van der Waals surface area contributed by atoms with E-state index in [0.717, 1.165) is 34.7 Å². The Labute approximate surface area is 242 Å². The second kappa shape index (κ2) is 12.9. The van der Waals surface area contributed by atoms with Crippen LogP contribution in [0.5, 0.6) is 0 Å². The molecule has 0 aliphatic carbocycles. The smallest absolute Gasteiger partial charge is 0.251 e. The third-order valence-electron chi connectivity index (χ3n) is 6.36. The maximum absolute atomic E-state index is 6.64. The number of aromatic nitrogens is 1. The summed E-state index contributed by atoms with van der Waals surface area (Å²) in [5.74, 6) is 1.70. The molecule has 0 bridgehead atoms. The van der Waals surface area contributed by atoms with Gasteiger partial charge in [0.1, 0.15) is 15.9 Å². The molecule has 0 amide bonds. The Balaban J connectivity index is 0.00000320. The Morgan fingerprint density at radius 1 is 0.703 bits per heavy atom. The quantitative estimate of drug-likeness (QED) is 0.105. The normalized spacial score (nSPS) is 11.2. The van der Waals surface area contributed by atoms with Gasteiger partial charge in [0.2, 0.25) is 11.0 Å². The van der Waals surface area contributed by atoms with Gasteiger partial charge < -0.3 is 28.4 Å². The summed E-state index contributed by atoms with van der Waals surface area (Å²) in [4.78, 5) is 5.35. The highest BCUT2D eigenvalue weighted by Gasteiger charge is 2.52. The van der Waals surface area contributed by atoms with Gasteiger partial charge in [-0.3, -0.25) is 0 Å². The first kappa shape index (κ1) is 27.6. The second-order valence-electron chi connectivity index (χ2n) is 8.88. The molecule has 0 saturated carbocycles. The Bertz CT molecular complexity index is 1290. The van der Waals surface area contributed by atoms with Gasteiger partial charge in [0.15, 0.2) is 7.26 Å². The molecule has 0 N–H and O–H groups in total. The highest BCUT2D eigenvalue weighted by molar-refractivity contribution is 8.04. The van der Waals surface area contributed by atoms with E-state index in [-0.39, 0.29) is 24.0 Å². The van der Waals surface area contributed by atoms with Crippen molar-refractivity contribution in [3.05, 3.63) is 121 Å². The number of halogens is 1. The third-order valence-corrected chi connectivity index (χ3v) is 11.7. The van der Waals surface area contributed by atoms with Crippen LogP contribution in [0.4, 0.5) is 0 Å². The van der Waals surface area contributed by atoms with Crippen LogP contribution in [-0.2, 0) is 0 Å². The summed E-state index contributed by atoms with van der Waals surface area (Å²) in [5.41, 5.74) is 3.29. The summed E-state index contributed by atoms with van der Waals surface area (Å²) in [6.07, 6.45) is 2.29. The molecule has 5 heteroatoms. The number of unbranched alkanes of at least 4 members (excludes halogenated alkanes) is 1. The molecule has 5 aromatic rings. The van der Waals surface area contributed by atoms with Crippen LogP contribution >= 0.6 is 19.0 Å². The van der Waals surface area contributed by atoms with E-state index >= 15 is 0 Å². The van der Waals surface area contributed by atoms with Crippen LogP contribution in [0.3, 0.4) is 0 Å². The zero-order chi connectivity index (χ0) is 24.8. The lowest BCUT2D eigenvalue weighted by Gasteiger charge is -2.25. The van der Waals surface area contributed by atoms with Crippen molar-refractivity contribution in [1.29, 1.82) is 0 Å². The molecule has 2 nitrogen and oxygen atoms in total. The van der Waals surface area contributed by atoms with Crippen molar-refractivity contribution in [2.24, 2.45) is 0 Å². The minimum Gasteiger partial charge on any atom is -1.00 e. The zero-order valence-corrected chi connectivity index (χ0v) is 25.0. The van der Waals surface area contributed by atoms with E-state index in [4.69, 9.17) is 9.40 Å². The number of hydrogen-bond acceptors (Lipinski definition) is 3. The molecule has 0 aliphatic rings. The molecule has 1 aromatic heterocycles. The molecule has 5 rings (SSSR count). The van der Waals surface area contributed by atoms with E-state index < -0.39 is 7.26 Å². The molecular formula is C32H31INOPS. The van der Waals surface area contributed by atoms with Crippen molar-refractivity contribution in [3.8, 4) is 11.5 Å². The standard InChI is InChI=1S/C32H31NOPS.HI/c1-3-4-24-36-32-31(33-30(34-32)26-22-20-25(2)21-23-26)35(27-14-8-5-9-15-27,28-16-10-6-11-17-28)29-18-12-7-13-19-29;/h5-23H,3-4,24H2,1-2H3;1H/q+1;/p-1. The molecule has 0 aliphatic heterocycles. The summed E-state index contributed by atoms with van der Waals surface area (Å²) in [6, 6.07) is 41.1. The zero-order valence-electron chi connectivity index (χ0n) is 21.2. The van der Waals surface area contributed by atoms with Crippen LogP contribution in [0, 0.1) is 6.92 Å². The number of aryl methyl sites for hydroxylation is 1. The molecule has 1 heterocycles. The maximum Gasteiger partial charge on any atom is 0.251 e. The number of nitrogens with zero attached hydrogens (tertiary/aromatic N) is 1. The lowest BCUT2D eigenvalue weighted by atomic mass is 10.1. The minimum absolute atomic E-state index is 0. The first-order valence-electron chi connectivity index (χ1n) is 12.5. The van der Waals surface area contributed by atoms with Crippen LogP contribution in [-0.4, -0.2) is 10.7 Å². The van der Waals surface area contributed by atoms with E-state index in [9.17, 15) is 0 Å². The molecule has 0 fully saturated rings. The third kappa shape index (κ3) is 5.72. The molecule has 0 atom stereocenters. The molecule has 0 radical (unpaired) electrons. The SMILES string of the molecule is CCCCSc1oc(-c2ccc(C)cc2)nc1[P+](c1ccccc1)(c1ccccc1)c1ccccc1.[I-]. The van der Waals surface area contributed by atoms with Gasteiger partial charge in [-0.2, -0.15) is 4.98 Å². The monoisotopic (exact) mass is 635 g/mol. The Morgan fingerprint density at radius 2 is 1.19 bits per heavy atom. The Hall–Kier alpha value is -2.40. The summed E-state index contributed by atoms with van der Waals surface area (Å²) in [5, 5.41) is 4.78. The second-order valence-corrected chi connectivity index (χ2v) is 13.3. The van der Waals surface area contributed by atoms with E-state index in [1.54, 1.807) is 11.8 Å². The van der Waals surface area contributed by atoms with E-state index in [2.05, 4.69) is 129 Å². The van der Waals surface area contributed by atoms with Gasteiger partial charge in [0, 0.05) is 11.3 Å². The molecular weight excluding hydrogens is 604 g/mol. The minimum atomic E-state index is -2.33. The van der Waals surface area contributed by atoms with Crippen molar-refractivity contribution in [2.45, 2.75) is 31.8 Å². The summed E-state index contributed by atoms with van der Waals surface area (Å²) >= 11 is 1.80. The van der Waals surface area contributed by atoms with Crippen molar-refractivity contribution in [3.63, 3.8) is 0 Å². The number of rotatable bonds is 9. The van der Waals surface area contributed by atoms with Crippen LogP contribution in [0.15, 0.2) is 125 Å². The molecule has 0 spiro atoms. The van der Waals surface area contributed by atoms with Crippen molar-refractivity contribution in [2.75, 3.05) is 5.75 Å². The lowest BCUT2D eigenvalue weighted by molar-refractivity contribution is -0.00000759. The fourth-order valence-electron chi connectivity index (χ4n) is 4.50. The number of benzene rings is 4. The highest BCUT2D eigenvalue weighted by atomic mass is 127. The average molecular weight is 636 g/mol. The van der Waals surface area contributed by atoms with Crippen LogP contribution in [0.2, 0.25) is 0 Å². The molecule has 37 heavy (non-hydrogen) atoms. The Morgan fingerprint density at radius 3 is 1.65 bits per heavy atom. The molecule has 188 valence electrons. The fraction of sp³-hybridized carbons (Fsp3) is 0.156. The van der Waals surface area contributed by atoms with Crippen molar-refractivity contribution < 1.29 is 28.4 Å². The van der Waals surface area contributed by atoms with Gasteiger partial charge in [-0.05, 0) is 61.9 Å². The topological polar surface area (TPSA) is 26.0 Å². The number of thioether (sulfide) groups is 1. The van der Waals surface area contributed by atoms with Crippen LogP contribution in [0.1, 0.15) is 25.3 Å². The van der Waals surface area contributed by atoms with Crippen LogP contribution in [0.25, 0.3) is 11.5 Å². The lowest BCUT2D eigenvalue weighted by Crippen LogP contribution is -3.00. The van der Waals surface area contributed by atoms with E-state index in [1.165, 1.54) is 21.5 Å². The first-order valence-corrected chi connectivity index (χ1v) is 15.3. The predicted molar refractivity (Wildman–Crippen MR) is 157 cm³/mol. The summed E-state index contributed by atoms with van der Waals surface area (Å²) in [6.45, 7) is 4.34. The predicted octanol–water partition coefficient (Wildman–Crippen LogP) is 4.17. The fourth-order valence-corrected chi connectivity index (χ4v) is 10.1. The molecule has 0 unspecified atom stereocenters. The van der Waals surface area contributed by atoms with Gasteiger partial charge >= 0.3 is 0 Å². The van der Waals surface area contributed by atoms with Crippen LogP contribution < -0.4 is 45.3 Å². The highest BCUT2D eigenvalue weighted by Crippen LogP contribution is 2.56. The largest absolute Gasteiger partial charge is 1.00 e. The summed E-state index contributed by atoms with van der Waals surface area (Å²) < 4.78 is 6.64. The maximum atomic E-state index is 6.64. The number of oxazole rings is 1. The van der Waals surface area contributed by atoms with Gasteiger partial charge in [0.05, 0.1) is 0 Å². The van der Waals surface area contributed by atoms with Gasteiger partial charge in [0.25, 0.3) is 5.44 Å². The molecule has 0 saturated heterocycles. The first-order chi connectivity index (χ1) is 17.7. The van der Waals surface area contributed by atoms with E-state index in [0.29, 0.717) is 5.89 Å². The van der Waals surface area contributed by atoms with Gasteiger partial charge in [-0.15, -0.1) is 0 Å². The van der Waals surface area contributed by atoms with E-state index in [1.807, 2.05) is 0 Å². The molecule has 4 aromatic carbocycles. The Kier molecular flexibility index (Phi) is 9.64. The van der Waals surface area contributed by atoms with Crippen molar-refractivity contribution >= 4 is 40.4 Å². The van der Waals surface area contributed by atoms with Gasteiger partial charge in [-0.25, -0.2) is 0 Å². The average Bonchev–Trinajstić information content (AvgIpc) is 3.36.